The van der Waals surface area contributed by atoms with Crippen molar-refractivity contribution in [2.24, 2.45) is 0 Å². The number of hydrogen-bond acceptors (Lipinski definition) is 4. The van der Waals surface area contributed by atoms with Gasteiger partial charge in [-0.3, -0.25) is 4.79 Å². The fourth-order valence-electron chi connectivity index (χ4n) is 3.12. The van der Waals surface area contributed by atoms with E-state index in [1.165, 1.54) is 36.2 Å². The van der Waals surface area contributed by atoms with E-state index in [9.17, 15) is 4.79 Å². The van der Waals surface area contributed by atoms with E-state index in [1.54, 1.807) is 23.5 Å². The molecule has 0 radical (unpaired) electrons. The van der Waals surface area contributed by atoms with Crippen molar-refractivity contribution >= 4 is 29.3 Å². The molecule has 0 amide bonds. The van der Waals surface area contributed by atoms with Crippen LogP contribution in [0, 0.1) is 0 Å². The fraction of sp³-hybridized carbons (Fsp3) is 0.375. The van der Waals surface area contributed by atoms with Crippen LogP contribution in [-0.4, -0.2) is 10.0 Å². The van der Waals surface area contributed by atoms with E-state index >= 15 is 0 Å². The summed E-state index contributed by atoms with van der Waals surface area (Å²) in [6.45, 7) is 2.23. The van der Waals surface area contributed by atoms with Gasteiger partial charge in [0.1, 0.15) is 0 Å². The predicted octanol–water partition coefficient (Wildman–Crippen LogP) is 7.42. The number of allylic oxidation sites excluding steroid dienone is 1. The van der Waals surface area contributed by atoms with E-state index in [0.717, 1.165) is 18.6 Å². The highest BCUT2D eigenvalue weighted by Gasteiger charge is 2.46. The van der Waals surface area contributed by atoms with Crippen LogP contribution in [-0.2, 0) is 10.5 Å². The van der Waals surface area contributed by atoms with Crippen molar-refractivity contribution in [3.05, 3.63) is 83.0 Å². The lowest BCUT2D eigenvalue weighted by molar-refractivity contribution is 0.0809. The minimum atomic E-state index is -0.921. The zero-order valence-corrected chi connectivity index (χ0v) is 18.1. The summed E-state index contributed by atoms with van der Waals surface area (Å²) in [5.41, 5.74) is 1.90. The molecule has 0 saturated carbocycles. The molecular formula is C24H28O2S2. The zero-order valence-electron chi connectivity index (χ0n) is 16.4. The molecule has 0 aromatic heterocycles. The highest BCUT2D eigenvalue weighted by atomic mass is 32.2. The van der Waals surface area contributed by atoms with E-state index < -0.39 is 4.27 Å². The predicted molar refractivity (Wildman–Crippen MR) is 121 cm³/mol. The number of ketones is 1. The smallest absolute Gasteiger partial charge is 0.268 e. The van der Waals surface area contributed by atoms with Crippen molar-refractivity contribution in [2.75, 3.05) is 0 Å². The van der Waals surface area contributed by atoms with Crippen molar-refractivity contribution < 1.29 is 9.53 Å². The van der Waals surface area contributed by atoms with E-state index in [2.05, 4.69) is 19.1 Å². The maximum atomic E-state index is 13.4. The Morgan fingerprint density at radius 3 is 2.36 bits per heavy atom. The van der Waals surface area contributed by atoms with Gasteiger partial charge in [0.2, 0.25) is 5.78 Å². The number of carbonyl (C=O) groups is 1. The summed E-state index contributed by atoms with van der Waals surface area (Å²) < 4.78 is 5.16. The van der Waals surface area contributed by atoms with E-state index in [-0.39, 0.29) is 5.78 Å². The molecule has 0 N–H and O–H groups in total. The number of ether oxygens (including phenoxy) is 1. The van der Waals surface area contributed by atoms with Gasteiger partial charge in [0.25, 0.3) is 4.27 Å². The average Bonchev–Trinajstić information content (AvgIpc) is 3.17. The van der Waals surface area contributed by atoms with Crippen molar-refractivity contribution in [1.82, 2.24) is 0 Å². The quantitative estimate of drug-likeness (QED) is 0.283. The summed E-state index contributed by atoms with van der Waals surface area (Å²) in [4.78, 5) is 14.5. The highest BCUT2D eigenvalue weighted by molar-refractivity contribution is 8.20. The summed E-state index contributed by atoms with van der Waals surface area (Å²) in [6.07, 6.45) is 9.04. The summed E-state index contributed by atoms with van der Waals surface area (Å²) in [6, 6.07) is 19.8. The molecule has 1 atom stereocenters. The minimum Gasteiger partial charge on any atom is -0.466 e. The average molecular weight is 413 g/mol. The Bertz CT molecular complexity index is 774. The molecule has 0 aliphatic carbocycles. The molecule has 0 bridgehead atoms. The van der Waals surface area contributed by atoms with Gasteiger partial charge in [0, 0.05) is 16.2 Å². The van der Waals surface area contributed by atoms with E-state index in [4.69, 9.17) is 4.74 Å². The second-order valence-electron chi connectivity index (χ2n) is 6.99. The Balaban J connectivity index is 1.67. The molecule has 1 heterocycles. The van der Waals surface area contributed by atoms with Crippen LogP contribution in [0.5, 0.6) is 0 Å². The Labute approximate surface area is 177 Å². The molecular weight excluding hydrogens is 384 g/mol. The lowest BCUT2D eigenvalue weighted by Gasteiger charge is -2.26. The van der Waals surface area contributed by atoms with Crippen LogP contribution in [0.15, 0.2) is 71.8 Å². The first-order valence-electron chi connectivity index (χ1n) is 10.1. The summed E-state index contributed by atoms with van der Waals surface area (Å²) in [5.74, 6) is 0.778. The molecule has 0 spiro atoms. The number of benzene rings is 2. The van der Waals surface area contributed by atoms with Gasteiger partial charge in [-0.05, 0) is 18.4 Å². The van der Waals surface area contributed by atoms with Gasteiger partial charge in [-0.25, -0.2) is 0 Å². The molecule has 1 unspecified atom stereocenters. The van der Waals surface area contributed by atoms with Gasteiger partial charge in [0.05, 0.1) is 6.26 Å². The number of Topliss-reactive ketones (excluding diaryl/α,β-unsaturated/α-hetero) is 1. The van der Waals surface area contributed by atoms with Crippen LogP contribution in [0.25, 0.3) is 0 Å². The van der Waals surface area contributed by atoms with Crippen LogP contribution in [0.2, 0.25) is 0 Å². The largest absolute Gasteiger partial charge is 0.466 e. The first-order chi connectivity index (χ1) is 13.7. The highest BCUT2D eigenvalue weighted by Crippen LogP contribution is 2.51. The number of hydrogen-bond donors (Lipinski definition) is 0. The second kappa shape index (κ2) is 10.8. The number of rotatable bonds is 11. The maximum absolute atomic E-state index is 13.4. The normalized spacial score (nSPS) is 18.5. The third-order valence-electron chi connectivity index (χ3n) is 4.72. The Morgan fingerprint density at radius 1 is 0.964 bits per heavy atom. The van der Waals surface area contributed by atoms with Gasteiger partial charge >= 0.3 is 0 Å². The standard InChI is InChI=1S/C24H28O2S2/c1-2-3-4-5-12-17-22-18-26-24(28-22,23(25)21-15-10-7-11-16-21)27-19-20-13-8-6-9-14-20/h6-11,13-16,18H,2-5,12,17,19H2,1H3. The molecule has 3 rings (SSSR count). The van der Waals surface area contributed by atoms with Gasteiger partial charge in [-0.15, -0.1) is 0 Å². The Morgan fingerprint density at radius 2 is 1.64 bits per heavy atom. The van der Waals surface area contributed by atoms with Crippen LogP contribution in [0.1, 0.15) is 61.4 Å². The second-order valence-corrected chi connectivity index (χ2v) is 9.71. The maximum Gasteiger partial charge on any atom is 0.268 e. The molecule has 148 valence electrons. The lowest BCUT2D eigenvalue weighted by Crippen LogP contribution is -2.31. The summed E-state index contributed by atoms with van der Waals surface area (Å²) in [7, 11) is 0. The third kappa shape index (κ3) is 5.68. The Hall–Kier alpha value is -1.65. The number of thioether (sulfide) groups is 2. The topological polar surface area (TPSA) is 26.3 Å². The molecule has 28 heavy (non-hydrogen) atoms. The molecule has 0 saturated heterocycles. The molecule has 1 aliphatic heterocycles. The molecule has 1 aliphatic rings. The zero-order chi connectivity index (χ0) is 19.7. The molecule has 2 nitrogen and oxygen atoms in total. The fourth-order valence-corrected chi connectivity index (χ4v) is 5.77. The van der Waals surface area contributed by atoms with Crippen LogP contribution >= 0.6 is 23.5 Å². The lowest BCUT2D eigenvalue weighted by atomic mass is 10.1. The molecule has 4 heteroatoms. The van der Waals surface area contributed by atoms with Gasteiger partial charge in [-0.1, -0.05) is 117 Å². The summed E-state index contributed by atoms with van der Waals surface area (Å²) >= 11 is 3.17. The van der Waals surface area contributed by atoms with Crippen LogP contribution in [0.3, 0.4) is 0 Å². The first-order valence-corrected chi connectivity index (χ1v) is 11.9. The Kier molecular flexibility index (Phi) is 8.11. The van der Waals surface area contributed by atoms with Crippen LogP contribution < -0.4 is 0 Å². The van der Waals surface area contributed by atoms with Crippen molar-refractivity contribution in [2.45, 2.75) is 55.5 Å². The number of carbonyl (C=O) groups excluding carboxylic acids is 1. The van der Waals surface area contributed by atoms with Crippen molar-refractivity contribution in [1.29, 1.82) is 0 Å². The number of unbranched alkanes of at least 4 members (excludes halogenated alkanes) is 4. The van der Waals surface area contributed by atoms with E-state index in [0.29, 0.717) is 5.56 Å². The van der Waals surface area contributed by atoms with Gasteiger partial charge < -0.3 is 4.74 Å². The first kappa shape index (κ1) is 21.1. The van der Waals surface area contributed by atoms with Crippen molar-refractivity contribution in [3.63, 3.8) is 0 Å². The minimum absolute atomic E-state index is 0.0382. The SMILES string of the molecule is CCCCCCCC1=COC(SCc2ccccc2)(C(=O)c2ccccc2)S1. The van der Waals surface area contributed by atoms with Gasteiger partial charge in [-0.2, -0.15) is 0 Å². The molecule has 0 fully saturated rings. The van der Waals surface area contributed by atoms with E-state index in [1.807, 2.05) is 54.8 Å². The molecule has 2 aromatic carbocycles. The van der Waals surface area contributed by atoms with Gasteiger partial charge in [0.15, 0.2) is 0 Å². The molecule has 2 aromatic rings. The van der Waals surface area contributed by atoms with Crippen LogP contribution in [0.4, 0.5) is 0 Å². The third-order valence-corrected chi connectivity index (χ3v) is 7.58. The van der Waals surface area contributed by atoms with Crippen molar-refractivity contribution in [3.8, 4) is 0 Å². The monoisotopic (exact) mass is 412 g/mol. The summed E-state index contributed by atoms with van der Waals surface area (Å²) in [5, 5.41) is 0.